The zero-order valence-electron chi connectivity index (χ0n) is 9.55. The zero-order valence-corrected chi connectivity index (χ0v) is 9.55. The van der Waals surface area contributed by atoms with Crippen LogP contribution in [0, 0.1) is 0 Å². The topological polar surface area (TPSA) is 21.3 Å². The van der Waals surface area contributed by atoms with Crippen molar-refractivity contribution in [3.63, 3.8) is 0 Å². The van der Waals surface area contributed by atoms with Gasteiger partial charge in [0, 0.05) is 5.54 Å². The molecule has 0 aliphatic heterocycles. The number of hydrogen-bond donors (Lipinski definition) is 1. The molecule has 0 aromatic heterocycles. The van der Waals surface area contributed by atoms with Crippen molar-refractivity contribution in [1.82, 2.24) is 5.32 Å². The van der Waals surface area contributed by atoms with Crippen LogP contribution in [-0.2, 0) is 6.42 Å². The van der Waals surface area contributed by atoms with E-state index in [1.807, 2.05) is 13.0 Å². The first-order chi connectivity index (χ1) is 7.29. The lowest BCUT2D eigenvalue weighted by Gasteiger charge is -2.16. The van der Waals surface area contributed by atoms with Crippen molar-refractivity contribution in [3.05, 3.63) is 29.8 Å². The first-order valence-electron chi connectivity index (χ1n) is 5.69. The largest absolute Gasteiger partial charge is 0.494 e. The Bertz CT molecular complexity index is 331. The van der Waals surface area contributed by atoms with E-state index in [9.17, 15) is 0 Å². The van der Waals surface area contributed by atoms with Crippen molar-refractivity contribution in [3.8, 4) is 5.75 Å². The highest BCUT2D eigenvalue weighted by Gasteiger charge is 2.41. The summed E-state index contributed by atoms with van der Waals surface area (Å²) in [6, 6.07) is 8.35. The van der Waals surface area contributed by atoms with E-state index in [2.05, 4.69) is 30.6 Å². The summed E-state index contributed by atoms with van der Waals surface area (Å²) in [4.78, 5) is 0. The Balaban J connectivity index is 2.13. The van der Waals surface area contributed by atoms with Crippen LogP contribution < -0.4 is 10.1 Å². The second kappa shape index (κ2) is 4.23. The molecule has 0 bridgehead atoms. The minimum atomic E-state index is 0.354. The number of hydrogen-bond acceptors (Lipinski definition) is 2. The fraction of sp³-hybridized carbons (Fsp3) is 0.538. The Morgan fingerprint density at radius 1 is 1.33 bits per heavy atom. The maximum Gasteiger partial charge on any atom is 0.122 e. The van der Waals surface area contributed by atoms with E-state index in [0.717, 1.165) is 18.8 Å². The van der Waals surface area contributed by atoms with Gasteiger partial charge in [-0.2, -0.15) is 0 Å². The Hall–Kier alpha value is -1.02. The Morgan fingerprint density at radius 3 is 2.67 bits per heavy atom. The van der Waals surface area contributed by atoms with Gasteiger partial charge in [0.25, 0.3) is 0 Å². The summed E-state index contributed by atoms with van der Waals surface area (Å²) in [5, 5.41) is 3.41. The molecule has 0 amide bonds. The van der Waals surface area contributed by atoms with E-state index in [0.29, 0.717) is 5.54 Å². The van der Waals surface area contributed by atoms with Gasteiger partial charge in [0.05, 0.1) is 6.61 Å². The van der Waals surface area contributed by atoms with Crippen LogP contribution >= 0.6 is 0 Å². The van der Waals surface area contributed by atoms with E-state index in [1.54, 1.807) is 0 Å². The molecule has 1 aromatic carbocycles. The van der Waals surface area contributed by atoms with E-state index >= 15 is 0 Å². The number of para-hydroxylation sites is 1. The molecule has 1 aromatic rings. The minimum absolute atomic E-state index is 0.354. The highest BCUT2D eigenvalue weighted by molar-refractivity contribution is 5.35. The molecule has 1 aliphatic carbocycles. The van der Waals surface area contributed by atoms with Crippen LogP contribution in [0.15, 0.2) is 24.3 Å². The summed E-state index contributed by atoms with van der Waals surface area (Å²) in [7, 11) is 2.05. The molecule has 0 saturated heterocycles. The fourth-order valence-corrected chi connectivity index (χ4v) is 1.98. The summed E-state index contributed by atoms with van der Waals surface area (Å²) in [5.74, 6) is 1.04. The molecule has 0 heterocycles. The lowest BCUT2D eigenvalue weighted by molar-refractivity contribution is 0.334. The SMILES string of the molecule is CCOc1ccccc1CC1(NC)CC1. The van der Waals surface area contributed by atoms with Crippen molar-refractivity contribution in [1.29, 1.82) is 0 Å². The molecule has 2 nitrogen and oxygen atoms in total. The third-order valence-electron chi connectivity index (χ3n) is 3.19. The third-order valence-corrected chi connectivity index (χ3v) is 3.19. The molecule has 82 valence electrons. The molecule has 1 fully saturated rings. The molecule has 0 radical (unpaired) electrons. The quantitative estimate of drug-likeness (QED) is 0.797. The van der Waals surface area contributed by atoms with Crippen LogP contribution in [0.25, 0.3) is 0 Å². The normalized spacial score (nSPS) is 17.5. The number of likely N-dealkylation sites (N-methyl/N-ethyl adjacent to an activating group) is 1. The molecular weight excluding hydrogens is 186 g/mol. The van der Waals surface area contributed by atoms with E-state index in [-0.39, 0.29) is 0 Å². The molecule has 2 heteroatoms. The van der Waals surface area contributed by atoms with Gasteiger partial charge in [0.2, 0.25) is 0 Å². The zero-order chi connectivity index (χ0) is 10.7. The summed E-state index contributed by atoms with van der Waals surface area (Å²) >= 11 is 0. The van der Waals surface area contributed by atoms with Gasteiger partial charge in [-0.25, -0.2) is 0 Å². The second-order valence-electron chi connectivity index (χ2n) is 4.25. The summed E-state index contributed by atoms with van der Waals surface area (Å²) in [6.07, 6.45) is 3.65. The average molecular weight is 205 g/mol. The maximum absolute atomic E-state index is 5.63. The van der Waals surface area contributed by atoms with Gasteiger partial charge < -0.3 is 10.1 Å². The highest BCUT2D eigenvalue weighted by Crippen LogP contribution is 2.39. The second-order valence-corrected chi connectivity index (χ2v) is 4.25. The smallest absolute Gasteiger partial charge is 0.122 e. The Morgan fingerprint density at radius 2 is 2.07 bits per heavy atom. The predicted octanol–water partition coefficient (Wildman–Crippen LogP) is 2.38. The number of nitrogens with one attached hydrogen (secondary N) is 1. The molecule has 1 saturated carbocycles. The molecule has 2 rings (SSSR count). The van der Waals surface area contributed by atoms with Crippen molar-refractivity contribution < 1.29 is 4.74 Å². The summed E-state index contributed by atoms with van der Waals surface area (Å²) < 4.78 is 5.63. The summed E-state index contributed by atoms with van der Waals surface area (Å²) in [6.45, 7) is 2.77. The van der Waals surface area contributed by atoms with Crippen LogP contribution in [0.2, 0.25) is 0 Å². The standard InChI is InChI=1S/C13H19NO/c1-3-15-12-7-5-4-6-11(12)10-13(14-2)8-9-13/h4-7,14H,3,8-10H2,1-2H3. The van der Waals surface area contributed by atoms with E-state index < -0.39 is 0 Å². The van der Waals surface area contributed by atoms with Crippen molar-refractivity contribution >= 4 is 0 Å². The monoisotopic (exact) mass is 205 g/mol. The molecule has 0 atom stereocenters. The molecule has 0 spiro atoms. The van der Waals surface area contributed by atoms with Crippen LogP contribution in [0.1, 0.15) is 25.3 Å². The molecule has 0 unspecified atom stereocenters. The van der Waals surface area contributed by atoms with Crippen LogP contribution in [-0.4, -0.2) is 19.2 Å². The Labute approximate surface area is 91.6 Å². The molecule has 1 N–H and O–H groups in total. The Kier molecular flexibility index (Phi) is 2.96. The summed E-state index contributed by atoms with van der Waals surface area (Å²) in [5.41, 5.74) is 1.68. The van der Waals surface area contributed by atoms with Gasteiger partial charge in [0.15, 0.2) is 0 Å². The highest BCUT2D eigenvalue weighted by atomic mass is 16.5. The van der Waals surface area contributed by atoms with Crippen molar-refractivity contribution in [2.45, 2.75) is 31.7 Å². The number of ether oxygens (including phenoxy) is 1. The van der Waals surface area contributed by atoms with Crippen LogP contribution in [0.5, 0.6) is 5.75 Å². The molecule has 15 heavy (non-hydrogen) atoms. The third kappa shape index (κ3) is 2.32. The lowest BCUT2D eigenvalue weighted by Crippen LogP contribution is -2.29. The van der Waals surface area contributed by atoms with Gasteiger partial charge in [-0.05, 0) is 44.9 Å². The minimum Gasteiger partial charge on any atom is -0.494 e. The fourth-order valence-electron chi connectivity index (χ4n) is 1.98. The molecule has 1 aliphatic rings. The van der Waals surface area contributed by atoms with Crippen molar-refractivity contribution in [2.24, 2.45) is 0 Å². The van der Waals surface area contributed by atoms with Crippen LogP contribution in [0.4, 0.5) is 0 Å². The average Bonchev–Trinajstić information content (AvgIpc) is 3.02. The lowest BCUT2D eigenvalue weighted by atomic mass is 10.0. The van der Waals surface area contributed by atoms with Gasteiger partial charge in [-0.3, -0.25) is 0 Å². The first kappa shape index (κ1) is 10.5. The van der Waals surface area contributed by atoms with Gasteiger partial charge in [0.1, 0.15) is 5.75 Å². The van der Waals surface area contributed by atoms with Crippen LogP contribution in [0.3, 0.4) is 0 Å². The number of rotatable bonds is 5. The molecular formula is C13H19NO. The number of benzene rings is 1. The van der Waals surface area contributed by atoms with E-state index in [1.165, 1.54) is 18.4 Å². The van der Waals surface area contributed by atoms with E-state index in [4.69, 9.17) is 4.74 Å². The van der Waals surface area contributed by atoms with Gasteiger partial charge >= 0.3 is 0 Å². The predicted molar refractivity (Wildman–Crippen MR) is 62.3 cm³/mol. The van der Waals surface area contributed by atoms with Crippen molar-refractivity contribution in [2.75, 3.05) is 13.7 Å². The van der Waals surface area contributed by atoms with Gasteiger partial charge in [-0.15, -0.1) is 0 Å². The first-order valence-corrected chi connectivity index (χ1v) is 5.69. The maximum atomic E-state index is 5.63. The van der Waals surface area contributed by atoms with Gasteiger partial charge in [-0.1, -0.05) is 18.2 Å².